The number of benzene rings is 1. The molecule has 0 aromatic heterocycles. The summed E-state index contributed by atoms with van der Waals surface area (Å²) in [5.74, 6) is 0.166. The molecule has 1 fully saturated rings. The van der Waals surface area contributed by atoms with Crippen molar-refractivity contribution in [3.05, 3.63) is 30.3 Å². The van der Waals surface area contributed by atoms with E-state index in [9.17, 15) is 4.79 Å². The monoisotopic (exact) mass is 262 g/mol. The summed E-state index contributed by atoms with van der Waals surface area (Å²) in [6.07, 6.45) is 2.23. The van der Waals surface area contributed by atoms with Gasteiger partial charge in [0.25, 0.3) is 0 Å². The van der Waals surface area contributed by atoms with Gasteiger partial charge in [-0.2, -0.15) is 0 Å². The molecule has 1 amide bonds. The lowest BCUT2D eigenvalue weighted by Gasteiger charge is -2.31. The van der Waals surface area contributed by atoms with Crippen molar-refractivity contribution in [2.45, 2.75) is 25.9 Å². The normalized spacial score (nSPS) is 16.4. The summed E-state index contributed by atoms with van der Waals surface area (Å²) in [6.45, 7) is 4.75. The number of para-hydroxylation sites is 1. The molecule has 0 radical (unpaired) electrons. The Bertz CT molecular complexity index is 386. The van der Waals surface area contributed by atoms with Crippen LogP contribution in [0.1, 0.15) is 19.8 Å². The van der Waals surface area contributed by atoms with Gasteiger partial charge in [0.2, 0.25) is 5.91 Å². The largest absolute Gasteiger partial charge is 0.378 e. The number of nitrogens with zero attached hydrogens (tertiary/aromatic N) is 1. The maximum absolute atomic E-state index is 12.1. The number of rotatable bonds is 5. The Balaban J connectivity index is 1.73. The van der Waals surface area contributed by atoms with Gasteiger partial charge in [-0.1, -0.05) is 18.2 Å². The van der Waals surface area contributed by atoms with Gasteiger partial charge in [0.1, 0.15) is 0 Å². The molecule has 1 heterocycles. The Morgan fingerprint density at radius 1 is 1.32 bits per heavy atom. The Hall–Kier alpha value is -1.55. The summed E-state index contributed by atoms with van der Waals surface area (Å²) in [5.41, 5.74) is 0.986. The number of nitrogens with one attached hydrogen (secondary N) is 1. The van der Waals surface area contributed by atoms with Gasteiger partial charge in [0.15, 0.2) is 0 Å². The molecule has 1 N–H and O–H groups in total. The first-order valence-electron chi connectivity index (χ1n) is 6.98. The molecular weight excluding hydrogens is 240 g/mol. The minimum Gasteiger partial charge on any atom is -0.378 e. The van der Waals surface area contributed by atoms with Gasteiger partial charge in [-0.15, -0.1) is 0 Å². The highest BCUT2D eigenvalue weighted by atomic mass is 16.5. The van der Waals surface area contributed by atoms with E-state index in [2.05, 4.69) is 5.32 Å². The second-order valence-corrected chi connectivity index (χ2v) is 4.76. The first-order valence-corrected chi connectivity index (χ1v) is 6.98. The van der Waals surface area contributed by atoms with Crippen molar-refractivity contribution in [3.63, 3.8) is 0 Å². The summed E-state index contributed by atoms with van der Waals surface area (Å²) in [4.78, 5) is 14.0. The molecule has 1 aromatic rings. The predicted molar refractivity (Wildman–Crippen MR) is 76.2 cm³/mol. The zero-order valence-corrected chi connectivity index (χ0v) is 11.5. The lowest BCUT2D eigenvalue weighted by atomic mass is 10.1. The Morgan fingerprint density at radius 3 is 2.63 bits per heavy atom. The van der Waals surface area contributed by atoms with Crippen LogP contribution in [-0.2, 0) is 9.53 Å². The number of hydrogen-bond donors (Lipinski definition) is 1. The van der Waals surface area contributed by atoms with Gasteiger partial charge in [-0.3, -0.25) is 4.79 Å². The van der Waals surface area contributed by atoms with Gasteiger partial charge in [-0.05, 0) is 31.9 Å². The van der Waals surface area contributed by atoms with Crippen molar-refractivity contribution in [1.82, 2.24) is 4.90 Å². The predicted octanol–water partition coefficient (Wildman–Crippen LogP) is 2.13. The summed E-state index contributed by atoms with van der Waals surface area (Å²) < 4.78 is 5.59. The maximum atomic E-state index is 12.1. The number of carbonyl (C=O) groups excluding carboxylic acids is 1. The molecule has 19 heavy (non-hydrogen) atoms. The summed E-state index contributed by atoms with van der Waals surface area (Å²) in [6, 6.07) is 9.81. The third-order valence-electron chi connectivity index (χ3n) is 3.41. The third kappa shape index (κ3) is 4.24. The molecule has 0 unspecified atom stereocenters. The lowest BCUT2D eigenvalue weighted by molar-refractivity contribution is -0.131. The summed E-state index contributed by atoms with van der Waals surface area (Å²) >= 11 is 0. The third-order valence-corrected chi connectivity index (χ3v) is 3.41. The number of piperidine rings is 1. The fourth-order valence-electron chi connectivity index (χ4n) is 2.35. The van der Waals surface area contributed by atoms with Crippen LogP contribution in [0.15, 0.2) is 30.3 Å². The molecule has 0 aliphatic carbocycles. The zero-order chi connectivity index (χ0) is 13.5. The van der Waals surface area contributed by atoms with Crippen LogP contribution in [0.3, 0.4) is 0 Å². The molecule has 1 aromatic carbocycles. The second-order valence-electron chi connectivity index (χ2n) is 4.76. The minimum absolute atomic E-state index is 0.166. The van der Waals surface area contributed by atoms with E-state index in [-0.39, 0.29) is 5.91 Å². The standard InChI is InChI=1S/C15H22N2O2/c1-2-19-14-8-10-17(11-9-14)15(18)12-16-13-6-4-3-5-7-13/h3-7,14,16H,2,8-12H2,1H3. The van der Waals surface area contributed by atoms with E-state index >= 15 is 0 Å². The number of hydrogen-bond acceptors (Lipinski definition) is 3. The number of carbonyl (C=O) groups is 1. The summed E-state index contributed by atoms with van der Waals surface area (Å²) in [7, 11) is 0. The van der Waals surface area contributed by atoms with Crippen LogP contribution in [0.25, 0.3) is 0 Å². The average Bonchev–Trinajstić information content (AvgIpc) is 2.47. The molecule has 0 spiro atoms. The molecule has 4 heteroatoms. The fourth-order valence-corrected chi connectivity index (χ4v) is 2.35. The van der Waals surface area contributed by atoms with E-state index in [1.807, 2.05) is 42.2 Å². The van der Waals surface area contributed by atoms with Crippen LogP contribution in [0.5, 0.6) is 0 Å². The minimum atomic E-state index is 0.166. The van der Waals surface area contributed by atoms with Crippen molar-refractivity contribution in [1.29, 1.82) is 0 Å². The Kier molecular flexibility index (Phi) is 5.21. The first-order chi connectivity index (χ1) is 9.29. The fraction of sp³-hybridized carbons (Fsp3) is 0.533. The summed E-state index contributed by atoms with van der Waals surface area (Å²) in [5, 5.41) is 3.16. The quantitative estimate of drug-likeness (QED) is 0.884. The molecule has 1 saturated heterocycles. The Labute approximate surface area is 114 Å². The maximum Gasteiger partial charge on any atom is 0.241 e. The van der Waals surface area contributed by atoms with E-state index < -0.39 is 0 Å². The highest BCUT2D eigenvalue weighted by Crippen LogP contribution is 2.14. The molecule has 104 valence electrons. The van der Waals surface area contributed by atoms with E-state index in [4.69, 9.17) is 4.74 Å². The number of anilines is 1. The van der Waals surface area contributed by atoms with Crippen LogP contribution in [0.4, 0.5) is 5.69 Å². The van der Waals surface area contributed by atoms with Crippen LogP contribution in [0, 0.1) is 0 Å². The Morgan fingerprint density at radius 2 is 2.00 bits per heavy atom. The smallest absolute Gasteiger partial charge is 0.241 e. The van der Waals surface area contributed by atoms with Crippen LogP contribution in [-0.4, -0.2) is 43.2 Å². The molecule has 0 saturated carbocycles. The zero-order valence-electron chi connectivity index (χ0n) is 11.5. The lowest BCUT2D eigenvalue weighted by Crippen LogP contribution is -2.43. The van der Waals surface area contributed by atoms with Crippen molar-refractivity contribution in [3.8, 4) is 0 Å². The molecule has 1 aliphatic heterocycles. The van der Waals surface area contributed by atoms with E-state index in [1.54, 1.807) is 0 Å². The van der Waals surface area contributed by atoms with Crippen molar-refractivity contribution in [2.24, 2.45) is 0 Å². The van der Waals surface area contributed by atoms with Crippen LogP contribution in [0.2, 0.25) is 0 Å². The van der Waals surface area contributed by atoms with E-state index in [1.165, 1.54) is 0 Å². The molecule has 2 rings (SSSR count). The average molecular weight is 262 g/mol. The number of likely N-dealkylation sites (tertiary alicyclic amines) is 1. The highest BCUT2D eigenvalue weighted by Gasteiger charge is 2.22. The molecule has 1 aliphatic rings. The highest BCUT2D eigenvalue weighted by molar-refractivity contribution is 5.80. The topological polar surface area (TPSA) is 41.6 Å². The molecule has 0 atom stereocenters. The van der Waals surface area contributed by atoms with E-state index in [0.717, 1.165) is 38.2 Å². The number of amides is 1. The SMILES string of the molecule is CCOC1CCN(C(=O)CNc2ccccc2)CC1. The number of ether oxygens (including phenoxy) is 1. The molecule has 0 bridgehead atoms. The van der Waals surface area contributed by atoms with Crippen molar-refractivity contribution in [2.75, 3.05) is 31.6 Å². The molecular formula is C15H22N2O2. The van der Waals surface area contributed by atoms with Crippen LogP contribution < -0.4 is 5.32 Å². The van der Waals surface area contributed by atoms with E-state index in [0.29, 0.717) is 12.6 Å². The van der Waals surface area contributed by atoms with Gasteiger partial charge >= 0.3 is 0 Å². The van der Waals surface area contributed by atoms with Gasteiger partial charge in [0, 0.05) is 25.4 Å². The first kappa shape index (κ1) is 13.9. The van der Waals surface area contributed by atoms with Gasteiger partial charge in [0.05, 0.1) is 12.6 Å². The van der Waals surface area contributed by atoms with Crippen molar-refractivity contribution >= 4 is 11.6 Å². The molecule has 4 nitrogen and oxygen atoms in total. The van der Waals surface area contributed by atoms with Crippen molar-refractivity contribution < 1.29 is 9.53 Å². The van der Waals surface area contributed by atoms with Gasteiger partial charge in [-0.25, -0.2) is 0 Å². The van der Waals surface area contributed by atoms with Crippen LogP contribution >= 0.6 is 0 Å². The second kappa shape index (κ2) is 7.14. The van der Waals surface area contributed by atoms with Gasteiger partial charge < -0.3 is 15.0 Å².